The number of anilines is 1. The second-order valence-corrected chi connectivity index (χ2v) is 7.06. The van der Waals surface area contributed by atoms with Crippen LogP contribution in [-0.2, 0) is 5.41 Å². The molecule has 22 heavy (non-hydrogen) atoms. The van der Waals surface area contributed by atoms with Crippen molar-refractivity contribution in [2.75, 3.05) is 5.73 Å². The SMILES string of the molecule is Cc1cc(N)nc(C(C)(C)C)c1.Cc1cccc(C(C)C)n1. The van der Waals surface area contributed by atoms with Crippen molar-refractivity contribution in [1.29, 1.82) is 0 Å². The Morgan fingerprint density at radius 2 is 1.64 bits per heavy atom. The molecule has 0 saturated carbocycles. The van der Waals surface area contributed by atoms with Crippen LogP contribution in [0.15, 0.2) is 30.3 Å². The van der Waals surface area contributed by atoms with E-state index in [1.54, 1.807) is 0 Å². The molecule has 0 spiro atoms. The molecule has 0 aliphatic carbocycles. The van der Waals surface area contributed by atoms with Crippen LogP contribution in [0.1, 0.15) is 63.2 Å². The molecular weight excluding hydrogens is 270 g/mol. The molecule has 0 aliphatic heterocycles. The Morgan fingerprint density at radius 3 is 2.05 bits per heavy atom. The highest BCUT2D eigenvalue weighted by Crippen LogP contribution is 2.21. The Labute approximate surface area is 135 Å². The fourth-order valence-corrected chi connectivity index (χ4v) is 1.96. The Hall–Kier alpha value is -1.90. The molecule has 2 aromatic rings. The monoisotopic (exact) mass is 299 g/mol. The van der Waals surface area contributed by atoms with Crippen molar-refractivity contribution in [2.45, 2.75) is 59.8 Å². The van der Waals surface area contributed by atoms with Gasteiger partial charge in [0.2, 0.25) is 0 Å². The van der Waals surface area contributed by atoms with Gasteiger partial charge in [0, 0.05) is 22.5 Å². The number of hydrogen-bond donors (Lipinski definition) is 1. The highest BCUT2D eigenvalue weighted by Gasteiger charge is 2.15. The third kappa shape index (κ3) is 5.84. The van der Waals surface area contributed by atoms with E-state index in [9.17, 15) is 0 Å². The maximum Gasteiger partial charge on any atom is 0.123 e. The lowest BCUT2D eigenvalue weighted by Gasteiger charge is -2.18. The number of aromatic nitrogens is 2. The van der Waals surface area contributed by atoms with Crippen LogP contribution in [0.4, 0.5) is 5.82 Å². The zero-order chi connectivity index (χ0) is 16.9. The van der Waals surface area contributed by atoms with Gasteiger partial charge >= 0.3 is 0 Å². The fourth-order valence-electron chi connectivity index (χ4n) is 1.96. The first-order valence-electron chi connectivity index (χ1n) is 7.78. The first kappa shape index (κ1) is 18.1. The summed E-state index contributed by atoms with van der Waals surface area (Å²) in [7, 11) is 0. The van der Waals surface area contributed by atoms with Gasteiger partial charge < -0.3 is 5.73 Å². The lowest BCUT2D eigenvalue weighted by Crippen LogP contribution is -2.14. The Balaban J connectivity index is 0.000000224. The molecule has 3 heteroatoms. The topological polar surface area (TPSA) is 51.8 Å². The van der Waals surface area contributed by atoms with Gasteiger partial charge in [0.15, 0.2) is 0 Å². The minimum atomic E-state index is 0.0835. The van der Waals surface area contributed by atoms with Crippen LogP contribution in [0.2, 0.25) is 0 Å². The summed E-state index contributed by atoms with van der Waals surface area (Å²) in [6.07, 6.45) is 0. The Morgan fingerprint density at radius 1 is 1.00 bits per heavy atom. The summed E-state index contributed by atoms with van der Waals surface area (Å²) in [4.78, 5) is 8.66. The van der Waals surface area contributed by atoms with Gasteiger partial charge in [-0.3, -0.25) is 4.98 Å². The molecule has 0 aliphatic rings. The van der Waals surface area contributed by atoms with Gasteiger partial charge in [-0.15, -0.1) is 0 Å². The van der Waals surface area contributed by atoms with Gasteiger partial charge in [-0.1, -0.05) is 40.7 Å². The number of nitrogens with two attached hydrogens (primary N) is 1. The predicted octanol–water partition coefficient (Wildman–Crippen LogP) is 4.78. The van der Waals surface area contributed by atoms with E-state index in [4.69, 9.17) is 5.73 Å². The number of pyridine rings is 2. The third-order valence-corrected chi connectivity index (χ3v) is 3.26. The highest BCUT2D eigenvalue weighted by molar-refractivity contribution is 5.36. The molecular formula is C19H29N3. The van der Waals surface area contributed by atoms with Gasteiger partial charge in [0.1, 0.15) is 5.82 Å². The van der Waals surface area contributed by atoms with E-state index in [0.29, 0.717) is 11.7 Å². The van der Waals surface area contributed by atoms with Crippen molar-refractivity contribution in [3.05, 3.63) is 53.0 Å². The van der Waals surface area contributed by atoms with Crippen LogP contribution in [-0.4, -0.2) is 9.97 Å². The quantitative estimate of drug-likeness (QED) is 0.824. The Bertz CT molecular complexity index is 590. The molecule has 120 valence electrons. The van der Waals surface area contributed by atoms with E-state index >= 15 is 0 Å². The lowest BCUT2D eigenvalue weighted by atomic mass is 9.91. The zero-order valence-electron chi connectivity index (χ0n) is 14.9. The van der Waals surface area contributed by atoms with Crippen LogP contribution in [0, 0.1) is 13.8 Å². The van der Waals surface area contributed by atoms with Crippen LogP contribution in [0.3, 0.4) is 0 Å². The molecule has 0 amide bonds. The standard InChI is InChI=1S/C10H16N2.C9H13N/c1-7-5-8(10(2,3)4)12-9(11)6-7;1-7(2)9-6-4-5-8(3)10-9/h5-6H,1-4H3,(H2,11,12);4-7H,1-3H3. The molecule has 3 nitrogen and oxygen atoms in total. The molecule has 2 rings (SSSR count). The summed E-state index contributed by atoms with van der Waals surface area (Å²) in [5.74, 6) is 1.15. The van der Waals surface area contributed by atoms with Crippen LogP contribution < -0.4 is 5.73 Å². The molecule has 0 aromatic carbocycles. The van der Waals surface area contributed by atoms with Crippen molar-refractivity contribution >= 4 is 5.82 Å². The average Bonchev–Trinajstić information content (AvgIpc) is 2.37. The van der Waals surface area contributed by atoms with Crippen molar-refractivity contribution in [2.24, 2.45) is 0 Å². The second kappa shape index (κ2) is 7.39. The van der Waals surface area contributed by atoms with Crippen LogP contribution >= 0.6 is 0 Å². The molecule has 0 radical (unpaired) electrons. The molecule has 0 saturated heterocycles. The maximum atomic E-state index is 5.64. The van der Waals surface area contributed by atoms with Gasteiger partial charge in [-0.2, -0.15) is 0 Å². The summed E-state index contributed by atoms with van der Waals surface area (Å²) in [5.41, 5.74) is 10.2. The molecule has 0 fully saturated rings. The van der Waals surface area contributed by atoms with Crippen molar-refractivity contribution in [3.63, 3.8) is 0 Å². The van der Waals surface area contributed by atoms with Gasteiger partial charge in [0.05, 0.1) is 0 Å². The summed E-state index contributed by atoms with van der Waals surface area (Å²) in [5, 5.41) is 0. The molecule has 0 bridgehead atoms. The van der Waals surface area contributed by atoms with E-state index in [1.807, 2.05) is 26.0 Å². The van der Waals surface area contributed by atoms with E-state index < -0.39 is 0 Å². The zero-order valence-corrected chi connectivity index (χ0v) is 14.9. The lowest BCUT2D eigenvalue weighted by molar-refractivity contribution is 0.569. The normalized spacial score (nSPS) is 11.1. The van der Waals surface area contributed by atoms with Crippen LogP contribution in [0.5, 0.6) is 0 Å². The van der Waals surface area contributed by atoms with Gasteiger partial charge in [-0.05, 0) is 49.6 Å². The molecule has 0 atom stereocenters. The van der Waals surface area contributed by atoms with E-state index in [2.05, 4.69) is 62.8 Å². The first-order chi connectivity index (χ1) is 10.1. The van der Waals surface area contributed by atoms with Gasteiger partial charge in [0.25, 0.3) is 0 Å². The van der Waals surface area contributed by atoms with Crippen LogP contribution in [0.25, 0.3) is 0 Å². The summed E-state index contributed by atoms with van der Waals surface area (Å²) < 4.78 is 0. The van der Waals surface area contributed by atoms with Gasteiger partial charge in [-0.25, -0.2) is 4.98 Å². The molecule has 2 heterocycles. The number of nitrogen functional groups attached to an aromatic ring is 1. The number of rotatable bonds is 1. The summed E-state index contributed by atoms with van der Waals surface area (Å²) in [6.45, 7) is 14.8. The smallest absolute Gasteiger partial charge is 0.123 e. The molecule has 2 N–H and O–H groups in total. The predicted molar refractivity (Wildman–Crippen MR) is 95.1 cm³/mol. The third-order valence-electron chi connectivity index (χ3n) is 3.26. The summed E-state index contributed by atoms with van der Waals surface area (Å²) in [6, 6.07) is 10.1. The van der Waals surface area contributed by atoms with Crippen molar-refractivity contribution in [1.82, 2.24) is 9.97 Å². The number of hydrogen-bond acceptors (Lipinski definition) is 3. The summed E-state index contributed by atoms with van der Waals surface area (Å²) >= 11 is 0. The average molecular weight is 299 g/mol. The van der Waals surface area contributed by atoms with E-state index in [1.165, 1.54) is 11.3 Å². The highest BCUT2D eigenvalue weighted by atomic mass is 14.8. The maximum absolute atomic E-state index is 5.64. The first-order valence-corrected chi connectivity index (χ1v) is 7.78. The van der Waals surface area contributed by atoms with Crippen molar-refractivity contribution < 1.29 is 0 Å². The second-order valence-electron chi connectivity index (χ2n) is 7.06. The minimum Gasteiger partial charge on any atom is -0.384 e. The minimum absolute atomic E-state index is 0.0835. The number of nitrogens with zero attached hydrogens (tertiary/aromatic N) is 2. The van der Waals surface area contributed by atoms with E-state index in [-0.39, 0.29) is 5.41 Å². The number of aryl methyl sites for hydroxylation is 2. The Kier molecular flexibility index (Phi) is 6.10. The molecule has 0 unspecified atom stereocenters. The van der Waals surface area contributed by atoms with E-state index in [0.717, 1.165) is 11.4 Å². The fraction of sp³-hybridized carbons (Fsp3) is 0.474. The van der Waals surface area contributed by atoms with Crippen molar-refractivity contribution in [3.8, 4) is 0 Å². The largest absolute Gasteiger partial charge is 0.384 e. The molecule has 2 aromatic heterocycles.